The number of nitrogens with one attached hydrogen (secondary N) is 1. The number of carbonyl (C=O) groups is 1. The van der Waals surface area contributed by atoms with Crippen LogP contribution in [-0.2, 0) is 0 Å². The fourth-order valence-electron chi connectivity index (χ4n) is 2.55. The van der Waals surface area contributed by atoms with Gasteiger partial charge in [-0.3, -0.25) is 4.79 Å². The second kappa shape index (κ2) is 5.38. The molecule has 1 aliphatic rings. The molecule has 0 heterocycles. The van der Waals surface area contributed by atoms with Crippen LogP contribution in [0.2, 0.25) is 0 Å². The Morgan fingerprint density at radius 3 is 2.94 bits per heavy atom. The van der Waals surface area contributed by atoms with Gasteiger partial charge in [-0.15, -0.1) is 0 Å². The van der Waals surface area contributed by atoms with Crippen molar-refractivity contribution in [3.63, 3.8) is 0 Å². The molecule has 1 fully saturated rings. The Morgan fingerprint density at radius 2 is 2.22 bits per heavy atom. The number of nitrogens with two attached hydrogens (primary N) is 1. The third-order valence-electron chi connectivity index (χ3n) is 3.53. The number of hydrogen-bond acceptors (Lipinski definition) is 2. The standard InChI is InChI=1S/C14H19FN2O/c1-9-3-2-4-11(7-9)17-14(18)12-8-10(15)5-6-13(12)16/h5-6,8-9,11H,2-4,7,16H2,1H3,(H,17,18). The molecular formula is C14H19FN2O. The van der Waals surface area contributed by atoms with E-state index in [2.05, 4.69) is 12.2 Å². The summed E-state index contributed by atoms with van der Waals surface area (Å²) in [6, 6.07) is 4.06. The van der Waals surface area contributed by atoms with E-state index in [0.717, 1.165) is 19.3 Å². The van der Waals surface area contributed by atoms with Crippen LogP contribution in [0, 0.1) is 11.7 Å². The van der Waals surface area contributed by atoms with Crippen molar-refractivity contribution < 1.29 is 9.18 Å². The molecule has 3 nitrogen and oxygen atoms in total. The molecular weight excluding hydrogens is 231 g/mol. The Kier molecular flexibility index (Phi) is 3.84. The Bertz CT molecular complexity index is 447. The van der Waals surface area contributed by atoms with E-state index in [1.807, 2.05) is 0 Å². The molecule has 1 aromatic carbocycles. The zero-order valence-electron chi connectivity index (χ0n) is 10.6. The van der Waals surface area contributed by atoms with E-state index in [4.69, 9.17) is 5.73 Å². The quantitative estimate of drug-likeness (QED) is 0.793. The third kappa shape index (κ3) is 3.00. The van der Waals surface area contributed by atoms with Crippen molar-refractivity contribution >= 4 is 11.6 Å². The minimum atomic E-state index is -0.439. The van der Waals surface area contributed by atoms with Crippen molar-refractivity contribution in [1.82, 2.24) is 5.32 Å². The highest BCUT2D eigenvalue weighted by Crippen LogP contribution is 2.24. The lowest BCUT2D eigenvalue weighted by molar-refractivity contribution is 0.0922. The Hall–Kier alpha value is -1.58. The van der Waals surface area contributed by atoms with E-state index in [0.29, 0.717) is 11.6 Å². The lowest BCUT2D eigenvalue weighted by atomic mass is 9.87. The van der Waals surface area contributed by atoms with Gasteiger partial charge in [0, 0.05) is 11.7 Å². The first-order chi connectivity index (χ1) is 8.56. The third-order valence-corrected chi connectivity index (χ3v) is 3.53. The molecule has 18 heavy (non-hydrogen) atoms. The summed E-state index contributed by atoms with van der Waals surface area (Å²) in [4.78, 5) is 12.0. The van der Waals surface area contributed by atoms with Crippen LogP contribution in [0.1, 0.15) is 43.0 Å². The minimum Gasteiger partial charge on any atom is -0.398 e. The molecule has 2 rings (SSSR count). The van der Waals surface area contributed by atoms with Gasteiger partial charge in [-0.1, -0.05) is 19.8 Å². The van der Waals surface area contributed by atoms with Gasteiger partial charge in [0.25, 0.3) is 5.91 Å². The van der Waals surface area contributed by atoms with Gasteiger partial charge in [-0.05, 0) is 37.0 Å². The molecule has 2 unspecified atom stereocenters. The molecule has 0 aromatic heterocycles. The van der Waals surface area contributed by atoms with Crippen LogP contribution < -0.4 is 11.1 Å². The molecule has 1 amide bonds. The first-order valence-corrected chi connectivity index (χ1v) is 6.42. The molecule has 1 aromatic rings. The monoisotopic (exact) mass is 250 g/mol. The number of benzene rings is 1. The van der Waals surface area contributed by atoms with E-state index in [1.54, 1.807) is 0 Å². The van der Waals surface area contributed by atoms with E-state index in [1.165, 1.54) is 24.6 Å². The van der Waals surface area contributed by atoms with E-state index < -0.39 is 5.82 Å². The van der Waals surface area contributed by atoms with Crippen molar-refractivity contribution in [2.75, 3.05) is 5.73 Å². The molecule has 98 valence electrons. The van der Waals surface area contributed by atoms with Gasteiger partial charge in [-0.2, -0.15) is 0 Å². The van der Waals surface area contributed by atoms with Gasteiger partial charge in [0.05, 0.1) is 5.56 Å². The predicted octanol–water partition coefficient (Wildman–Crippen LogP) is 2.72. The second-order valence-corrected chi connectivity index (χ2v) is 5.17. The maximum Gasteiger partial charge on any atom is 0.253 e. The maximum atomic E-state index is 13.1. The first-order valence-electron chi connectivity index (χ1n) is 6.42. The lowest BCUT2D eigenvalue weighted by Gasteiger charge is -2.27. The number of halogens is 1. The highest BCUT2D eigenvalue weighted by atomic mass is 19.1. The van der Waals surface area contributed by atoms with Crippen LogP contribution in [0.4, 0.5) is 10.1 Å². The minimum absolute atomic E-state index is 0.184. The fourth-order valence-corrected chi connectivity index (χ4v) is 2.55. The van der Waals surface area contributed by atoms with Crippen molar-refractivity contribution in [2.45, 2.75) is 38.6 Å². The average Bonchev–Trinajstić information content (AvgIpc) is 2.32. The number of amides is 1. The Labute approximate surface area is 107 Å². The van der Waals surface area contributed by atoms with Crippen LogP contribution in [0.5, 0.6) is 0 Å². The Morgan fingerprint density at radius 1 is 1.44 bits per heavy atom. The highest BCUT2D eigenvalue weighted by molar-refractivity contribution is 5.99. The van der Waals surface area contributed by atoms with Gasteiger partial charge in [0.1, 0.15) is 5.82 Å². The summed E-state index contributed by atoms with van der Waals surface area (Å²) >= 11 is 0. The number of rotatable bonds is 2. The molecule has 0 saturated heterocycles. The summed E-state index contributed by atoms with van der Waals surface area (Å²) in [7, 11) is 0. The molecule has 2 atom stereocenters. The second-order valence-electron chi connectivity index (χ2n) is 5.17. The highest BCUT2D eigenvalue weighted by Gasteiger charge is 2.21. The van der Waals surface area contributed by atoms with Crippen molar-refractivity contribution in [1.29, 1.82) is 0 Å². The summed E-state index contributed by atoms with van der Waals surface area (Å²) in [5, 5.41) is 2.95. The average molecular weight is 250 g/mol. The zero-order chi connectivity index (χ0) is 13.1. The van der Waals surface area contributed by atoms with Gasteiger partial charge in [0.15, 0.2) is 0 Å². The van der Waals surface area contributed by atoms with Crippen LogP contribution in [0.15, 0.2) is 18.2 Å². The molecule has 0 aliphatic heterocycles. The van der Waals surface area contributed by atoms with Gasteiger partial charge >= 0.3 is 0 Å². The number of anilines is 1. The van der Waals surface area contributed by atoms with Crippen LogP contribution >= 0.6 is 0 Å². The number of carbonyl (C=O) groups excluding carboxylic acids is 1. The van der Waals surface area contributed by atoms with Crippen molar-refractivity contribution in [3.8, 4) is 0 Å². The molecule has 0 radical (unpaired) electrons. The zero-order valence-corrected chi connectivity index (χ0v) is 10.6. The smallest absolute Gasteiger partial charge is 0.253 e. The summed E-state index contributed by atoms with van der Waals surface area (Å²) in [5.74, 6) is -0.0774. The van der Waals surface area contributed by atoms with Crippen LogP contribution in [0.3, 0.4) is 0 Å². The first kappa shape index (κ1) is 12.9. The van der Waals surface area contributed by atoms with Gasteiger partial charge in [0.2, 0.25) is 0 Å². The van der Waals surface area contributed by atoms with Crippen molar-refractivity contribution in [2.24, 2.45) is 5.92 Å². The van der Waals surface area contributed by atoms with E-state index in [-0.39, 0.29) is 17.5 Å². The molecule has 1 aliphatic carbocycles. The van der Waals surface area contributed by atoms with E-state index in [9.17, 15) is 9.18 Å². The summed E-state index contributed by atoms with van der Waals surface area (Å²) in [6.07, 6.45) is 4.32. The predicted molar refractivity (Wildman–Crippen MR) is 69.7 cm³/mol. The maximum absolute atomic E-state index is 13.1. The molecule has 4 heteroatoms. The van der Waals surface area contributed by atoms with Gasteiger partial charge in [-0.25, -0.2) is 4.39 Å². The van der Waals surface area contributed by atoms with E-state index >= 15 is 0 Å². The summed E-state index contributed by atoms with van der Waals surface area (Å²) in [6.45, 7) is 2.19. The largest absolute Gasteiger partial charge is 0.398 e. The number of hydrogen-bond donors (Lipinski definition) is 2. The SMILES string of the molecule is CC1CCCC(NC(=O)c2cc(F)ccc2N)C1. The van der Waals surface area contributed by atoms with Crippen LogP contribution in [0.25, 0.3) is 0 Å². The summed E-state index contributed by atoms with van der Waals surface area (Å²) in [5.41, 5.74) is 6.24. The Balaban J connectivity index is 2.05. The van der Waals surface area contributed by atoms with Gasteiger partial charge < -0.3 is 11.1 Å². The van der Waals surface area contributed by atoms with Crippen LogP contribution in [-0.4, -0.2) is 11.9 Å². The van der Waals surface area contributed by atoms with Crippen molar-refractivity contribution in [3.05, 3.63) is 29.6 Å². The molecule has 0 spiro atoms. The lowest BCUT2D eigenvalue weighted by Crippen LogP contribution is -2.38. The topological polar surface area (TPSA) is 55.1 Å². The summed E-state index contributed by atoms with van der Waals surface area (Å²) < 4.78 is 13.1. The molecule has 3 N–H and O–H groups in total. The number of nitrogen functional groups attached to an aromatic ring is 1. The molecule has 0 bridgehead atoms. The molecule has 1 saturated carbocycles. The fraction of sp³-hybridized carbons (Fsp3) is 0.500. The normalized spacial score (nSPS) is 23.7.